The zero-order valence-electron chi connectivity index (χ0n) is 15.7. The molecule has 0 aliphatic carbocycles. The predicted octanol–water partition coefficient (Wildman–Crippen LogP) is 4.12. The fraction of sp³-hybridized carbons (Fsp3) is 0.167. The maximum absolute atomic E-state index is 13.3. The summed E-state index contributed by atoms with van der Waals surface area (Å²) in [6.45, 7) is 0. The quantitative estimate of drug-likeness (QED) is 0.338. The minimum absolute atomic E-state index is 0.0257. The Kier molecular flexibility index (Phi) is 5.53. The van der Waals surface area contributed by atoms with E-state index in [2.05, 4.69) is 15.2 Å². The van der Waals surface area contributed by atoms with E-state index in [1.165, 1.54) is 55.6 Å². The lowest BCUT2D eigenvalue weighted by Crippen LogP contribution is -2.07. The van der Waals surface area contributed by atoms with Gasteiger partial charge >= 0.3 is 6.18 Å². The average Bonchev–Trinajstić information content (AvgIpc) is 3.14. The van der Waals surface area contributed by atoms with E-state index in [9.17, 15) is 26.8 Å². The number of rotatable bonds is 5. The number of alkyl halides is 3. The highest BCUT2D eigenvalue weighted by molar-refractivity contribution is 7.90. The van der Waals surface area contributed by atoms with Gasteiger partial charge in [-0.3, -0.25) is 0 Å². The molecule has 0 saturated heterocycles. The summed E-state index contributed by atoms with van der Waals surface area (Å²) in [5.41, 5.74) is -0.326. The van der Waals surface area contributed by atoms with E-state index >= 15 is 0 Å². The Bertz CT molecular complexity index is 1190. The number of sulfone groups is 1. The molecule has 0 bridgehead atoms. The molecule has 8 nitrogen and oxygen atoms in total. The molecule has 30 heavy (non-hydrogen) atoms. The molecule has 0 aliphatic rings. The normalized spacial score (nSPS) is 12.8. The molecule has 0 saturated carbocycles. The molecule has 0 radical (unpaired) electrons. The second-order valence-corrected chi connectivity index (χ2v) is 8.19. The molecule has 3 aromatic rings. The van der Waals surface area contributed by atoms with Gasteiger partial charge in [0.15, 0.2) is 15.5 Å². The van der Waals surface area contributed by atoms with Gasteiger partial charge in [-0.15, -0.1) is 0 Å². The first-order valence-corrected chi connectivity index (χ1v) is 10.2. The number of halogens is 3. The van der Waals surface area contributed by atoms with Crippen LogP contribution in [0.2, 0.25) is 0 Å². The second kappa shape index (κ2) is 7.78. The van der Waals surface area contributed by atoms with Gasteiger partial charge in [-0.25, -0.2) is 13.1 Å². The van der Waals surface area contributed by atoms with E-state index in [-0.39, 0.29) is 26.8 Å². The summed E-state index contributed by atoms with van der Waals surface area (Å²) in [7, 11) is -2.26. The maximum atomic E-state index is 13.3. The Labute approximate surface area is 169 Å². The number of hydrogen-bond donors (Lipinski definition) is 0. The van der Waals surface area contributed by atoms with Crippen molar-refractivity contribution in [3.05, 3.63) is 65.5 Å². The molecule has 1 aromatic heterocycles. The lowest BCUT2D eigenvalue weighted by Gasteiger charge is -2.09. The van der Waals surface area contributed by atoms with Crippen molar-refractivity contribution >= 4 is 15.5 Å². The molecule has 0 unspecified atom stereocenters. The van der Waals surface area contributed by atoms with Crippen molar-refractivity contribution in [2.45, 2.75) is 11.1 Å². The second-order valence-electron chi connectivity index (χ2n) is 6.17. The van der Waals surface area contributed by atoms with Crippen LogP contribution in [0.15, 0.2) is 64.8 Å². The molecule has 0 atom stereocenters. The lowest BCUT2D eigenvalue weighted by molar-refractivity contribution is -0.476. The molecule has 158 valence electrons. The summed E-state index contributed by atoms with van der Waals surface area (Å²) < 4.78 is 64.1. The molecule has 0 aliphatic heterocycles. The highest BCUT2D eigenvalue weighted by Gasteiger charge is 2.35. The fourth-order valence-corrected chi connectivity index (χ4v) is 3.27. The topological polar surface area (TPSA) is 99.6 Å². The third-order valence-corrected chi connectivity index (χ3v) is 5.18. The number of nitrogens with zero attached hydrogens (tertiary/aromatic N) is 4. The van der Waals surface area contributed by atoms with E-state index in [0.29, 0.717) is 5.56 Å². The summed E-state index contributed by atoms with van der Waals surface area (Å²) >= 11 is 0. The average molecular weight is 440 g/mol. The molecule has 0 spiro atoms. The fourth-order valence-electron chi connectivity index (χ4n) is 2.64. The van der Waals surface area contributed by atoms with Crippen molar-refractivity contribution in [1.29, 1.82) is 0 Å². The Morgan fingerprint density at radius 2 is 1.70 bits per heavy atom. The van der Waals surface area contributed by atoms with E-state index < -0.39 is 21.7 Å². The van der Waals surface area contributed by atoms with Crippen LogP contribution in [0.1, 0.15) is 5.69 Å². The van der Waals surface area contributed by atoms with Crippen molar-refractivity contribution in [1.82, 2.24) is 9.78 Å². The highest BCUT2D eigenvalue weighted by atomic mass is 32.2. The van der Waals surface area contributed by atoms with E-state index in [1.807, 2.05) is 0 Å². The predicted molar refractivity (Wildman–Crippen MR) is 99.8 cm³/mol. The number of hydrogen-bond acceptors (Lipinski definition) is 6. The van der Waals surface area contributed by atoms with Crippen molar-refractivity contribution < 1.29 is 31.3 Å². The number of benzene rings is 2. The zero-order valence-corrected chi connectivity index (χ0v) is 16.5. The van der Waals surface area contributed by atoms with Crippen LogP contribution in [0.4, 0.5) is 18.9 Å². The smallest absolute Gasteiger partial charge is 0.435 e. The monoisotopic (exact) mass is 440 g/mol. The first kappa shape index (κ1) is 21.3. The summed E-state index contributed by atoms with van der Waals surface area (Å²) in [6.07, 6.45) is -3.66. The van der Waals surface area contributed by atoms with Crippen molar-refractivity contribution in [3.8, 4) is 16.9 Å². The third kappa shape index (κ3) is 4.43. The van der Waals surface area contributed by atoms with Gasteiger partial charge in [0.25, 0.3) is 0 Å². The van der Waals surface area contributed by atoms with Gasteiger partial charge in [0.05, 0.1) is 16.3 Å². The summed E-state index contributed by atoms with van der Waals surface area (Å²) in [5.74, 6) is 0. The van der Waals surface area contributed by atoms with Crippen LogP contribution in [-0.2, 0) is 20.9 Å². The standard InChI is InChI=1S/C18H15F3N4O4S/c1-29-23-25(26)14-5-3-12(4-6-14)16-11-17(18(19,20)21)22-24(16)13-7-9-15(10-8-13)30(2,27)28/h3-11H,1-2H3/b25-23+. The molecule has 3 rings (SSSR count). The SMILES string of the molecule is CO/N=[N+](/[O-])c1ccc(-c2cc(C(F)(F)F)nn2-c2ccc(S(C)(=O)=O)cc2)cc1. The number of aromatic nitrogens is 2. The van der Waals surface area contributed by atoms with Gasteiger partial charge in [0.1, 0.15) is 7.11 Å². The zero-order chi connectivity index (χ0) is 22.1. The Morgan fingerprint density at radius 3 is 2.20 bits per heavy atom. The first-order chi connectivity index (χ1) is 14.0. The van der Waals surface area contributed by atoms with Crippen LogP contribution in [0.5, 0.6) is 0 Å². The van der Waals surface area contributed by atoms with Crippen LogP contribution in [0.25, 0.3) is 16.9 Å². The molecule has 1 heterocycles. The van der Waals surface area contributed by atoms with Gasteiger partial charge in [-0.05, 0) is 47.3 Å². The largest absolute Gasteiger partial charge is 0.592 e. The van der Waals surface area contributed by atoms with Gasteiger partial charge < -0.3 is 10.0 Å². The Morgan fingerprint density at radius 1 is 1.10 bits per heavy atom. The minimum Gasteiger partial charge on any atom is -0.592 e. The molecular weight excluding hydrogens is 425 g/mol. The summed E-state index contributed by atoms with van der Waals surface area (Å²) in [5, 5.41) is 18.5. The molecule has 0 amide bonds. The van der Waals surface area contributed by atoms with E-state index in [1.54, 1.807) is 0 Å². The molecule has 0 N–H and O–H groups in total. The van der Waals surface area contributed by atoms with Gasteiger partial charge in [0, 0.05) is 24.0 Å². The van der Waals surface area contributed by atoms with Crippen LogP contribution in [-0.4, -0.2) is 36.4 Å². The van der Waals surface area contributed by atoms with Crippen molar-refractivity contribution in [2.75, 3.05) is 13.4 Å². The van der Waals surface area contributed by atoms with E-state index in [0.717, 1.165) is 17.0 Å². The summed E-state index contributed by atoms with van der Waals surface area (Å²) in [4.78, 5) is 4.62. The van der Waals surface area contributed by atoms with Gasteiger partial charge in [0.2, 0.25) is 11.0 Å². The highest BCUT2D eigenvalue weighted by Crippen LogP contribution is 2.34. The van der Waals surface area contributed by atoms with Crippen molar-refractivity contribution in [2.24, 2.45) is 5.28 Å². The van der Waals surface area contributed by atoms with Crippen molar-refractivity contribution in [3.63, 3.8) is 0 Å². The van der Waals surface area contributed by atoms with Crippen LogP contribution >= 0.6 is 0 Å². The maximum Gasteiger partial charge on any atom is 0.435 e. The van der Waals surface area contributed by atoms with Gasteiger partial charge in [-0.1, -0.05) is 0 Å². The molecule has 12 heteroatoms. The first-order valence-electron chi connectivity index (χ1n) is 8.30. The van der Waals surface area contributed by atoms with Crippen LogP contribution in [0.3, 0.4) is 0 Å². The molecule has 2 aromatic carbocycles. The molecular formula is C18H15F3N4O4S. The van der Waals surface area contributed by atoms with E-state index in [4.69, 9.17) is 0 Å². The lowest BCUT2D eigenvalue weighted by atomic mass is 10.1. The van der Waals surface area contributed by atoms with Crippen LogP contribution in [0, 0.1) is 5.21 Å². The Hall–Kier alpha value is -3.41. The third-order valence-electron chi connectivity index (χ3n) is 4.05. The Balaban J connectivity index is 2.10. The van der Waals surface area contributed by atoms with Gasteiger partial charge in [-0.2, -0.15) is 18.3 Å². The minimum atomic E-state index is -4.68. The van der Waals surface area contributed by atoms with Crippen LogP contribution < -0.4 is 0 Å². The summed E-state index contributed by atoms with van der Waals surface area (Å²) in [6, 6.07) is 11.8. The molecule has 0 fully saturated rings.